The van der Waals surface area contributed by atoms with Gasteiger partial charge in [-0.1, -0.05) is 12.1 Å². The number of aromatic nitrogens is 4. The fraction of sp³-hybridized carbons (Fsp3) is 0.304. The van der Waals surface area contributed by atoms with Crippen LogP contribution in [0.25, 0.3) is 11.4 Å². The molecule has 2 aromatic heterocycles. The van der Waals surface area contributed by atoms with Gasteiger partial charge in [-0.05, 0) is 45.4 Å². The third-order valence-electron chi connectivity index (χ3n) is 5.50. The normalized spacial score (nSPS) is 13.3. The molecular weight excluding hydrogens is 437 g/mol. The Morgan fingerprint density at radius 1 is 1.35 bits per heavy atom. The SMILES string of the molecule is Cc1c(C#N)cccc1-c1nc(N)c(F)c(C(C=NCc2ccn(C(C)C(C)(C)O)n2)=NN)n1. The molecule has 3 rings (SSSR count). The molecule has 0 bridgehead atoms. The molecule has 1 unspecified atom stereocenters. The zero-order chi connectivity index (χ0) is 25.0. The molecule has 10 nitrogen and oxygen atoms in total. The second-order valence-corrected chi connectivity index (χ2v) is 8.29. The Labute approximate surface area is 196 Å². The van der Waals surface area contributed by atoms with Crippen molar-refractivity contribution < 1.29 is 9.50 Å². The summed E-state index contributed by atoms with van der Waals surface area (Å²) in [6.45, 7) is 7.18. The summed E-state index contributed by atoms with van der Waals surface area (Å²) in [7, 11) is 0. The third-order valence-corrected chi connectivity index (χ3v) is 5.50. The van der Waals surface area contributed by atoms with E-state index in [-0.39, 0.29) is 35.6 Å². The topological polar surface area (TPSA) is 164 Å². The van der Waals surface area contributed by atoms with Crippen LogP contribution < -0.4 is 11.6 Å². The standard InChI is InChI=1S/C23H26FN9O/c1-13-15(10-25)6-5-7-17(13)22-29-20(19(24)21(26)30-22)18(31-27)12-28-11-16-8-9-33(32-16)14(2)23(3,4)34/h5-9,12,14,34H,11,27H2,1-4H3,(H2,26,29,30). The van der Waals surface area contributed by atoms with Crippen LogP contribution in [0.5, 0.6) is 0 Å². The maximum Gasteiger partial charge on any atom is 0.193 e. The molecule has 0 aliphatic carbocycles. The molecule has 2 heterocycles. The highest BCUT2D eigenvalue weighted by molar-refractivity contribution is 6.37. The fourth-order valence-corrected chi connectivity index (χ4v) is 3.14. The Hall–Kier alpha value is -4.17. The van der Waals surface area contributed by atoms with Crippen LogP contribution in [0, 0.1) is 24.1 Å². The van der Waals surface area contributed by atoms with Crippen LogP contribution in [0.2, 0.25) is 0 Å². The van der Waals surface area contributed by atoms with E-state index in [1.54, 1.807) is 55.9 Å². The van der Waals surface area contributed by atoms with E-state index >= 15 is 0 Å². The first-order valence-corrected chi connectivity index (χ1v) is 10.4. The highest BCUT2D eigenvalue weighted by Crippen LogP contribution is 2.25. The van der Waals surface area contributed by atoms with Gasteiger partial charge in [0.05, 0.1) is 41.7 Å². The smallest absolute Gasteiger partial charge is 0.193 e. The average molecular weight is 464 g/mol. The van der Waals surface area contributed by atoms with Crippen LogP contribution in [-0.4, -0.2) is 42.4 Å². The molecule has 0 amide bonds. The first-order chi connectivity index (χ1) is 16.1. The molecule has 0 aliphatic heterocycles. The molecule has 0 spiro atoms. The van der Waals surface area contributed by atoms with Crippen molar-refractivity contribution >= 4 is 17.7 Å². The first-order valence-electron chi connectivity index (χ1n) is 10.4. The van der Waals surface area contributed by atoms with Crippen LogP contribution in [-0.2, 0) is 6.54 Å². The van der Waals surface area contributed by atoms with E-state index in [0.29, 0.717) is 22.4 Å². The van der Waals surface area contributed by atoms with E-state index < -0.39 is 11.4 Å². The number of hydrogen-bond donors (Lipinski definition) is 3. The van der Waals surface area contributed by atoms with E-state index in [0.717, 1.165) is 0 Å². The number of hydrogen-bond acceptors (Lipinski definition) is 9. The molecule has 1 aromatic carbocycles. The van der Waals surface area contributed by atoms with Crippen molar-refractivity contribution in [3.05, 3.63) is 58.8 Å². The molecular formula is C23H26FN9O. The maximum absolute atomic E-state index is 14.8. The Bertz CT molecular complexity index is 1300. The van der Waals surface area contributed by atoms with Crippen molar-refractivity contribution in [1.82, 2.24) is 19.7 Å². The number of benzene rings is 1. The minimum atomic E-state index is -0.945. The number of anilines is 1. The van der Waals surface area contributed by atoms with E-state index in [2.05, 4.69) is 31.2 Å². The summed E-state index contributed by atoms with van der Waals surface area (Å²) in [4.78, 5) is 12.6. The largest absolute Gasteiger partial charge is 0.388 e. The van der Waals surface area contributed by atoms with Crippen LogP contribution in [0.4, 0.5) is 10.2 Å². The van der Waals surface area contributed by atoms with Gasteiger partial charge in [0.1, 0.15) is 11.4 Å². The Morgan fingerprint density at radius 3 is 2.74 bits per heavy atom. The number of nitrogen functional groups attached to an aromatic ring is 1. The third kappa shape index (κ3) is 5.07. The van der Waals surface area contributed by atoms with Crippen molar-refractivity contribution in [3.8, 4) is 17.5 Å². The molecule has 11 heteroatoms. The Morgan fingerprint density at radius 2 is 2.09 bits per heavy atom. The maximum atomic E-state index is 14.8. The molecule has 1 atom stereocenters. The van der Waals surface area contributed by atoms with Gasteiger partial charge < -0.3 is 16.7 Å². The number of rotatable bonds is 7. The molecule has 0 radical (unpaired) electrons. The van der Waals surface area contributed by atoms with Crippen molar-refractivity contribution in [2.75, 3.05) is 5.73 Å². The molecule has 0 saturated heterocycles. The van der Waals surface area contributed by atoms with Crippen molar-refractivity contribution in [1.29, 1.82) is 5.26 Å². The summed E-state index contributed by atoms with van der Waals surface area (Å²) in [5, 5.41) is 27.5. The molecule has 176 valence electrons. The molecule has 3 aromatic rings. The number of aliphatic hydroxyl groups is 1. The molecule has 0 saturated carbocycles. The van der Waals surface area contributed by atoms with Crippen LogP contribution in [0.1, 0.15) is 49.3 Å². The zero-order valence-electron chi connectivity index (χ0n) is 19.4. The fourth-order valence-electron chi connectivity index (χ4n) is 3.14. The lowest BCUT2D eigenvalue weighted by atomic mass is 10.0. The van der Waals surface area contributed by atoms with Gasteiger partial charge in [0.25, 0.3) is 0 Å². The van der Waals surface area contributed by atoms with Gasteiger partial charge in [-0.2, -0.15) is 15.5 Å². The molecule has 0 aliphatic rings. The number of nitriles is 1. The van der Waals surface area contributed by atoms with Gasteiger partial charge in [-0.15, -0.1) is 0 Å². The van der Waals surface area contributed by atoms with Crippen LogP contribution in [0.3, 0.4) is 0 Å². The summed E-state index contributed by atoms with van der Waals surface area (Å²) < 4.78 is 16.4. The highest BCUT2D eigenvalue weighted by atomic mass is 19.1. The molecule has 5 N–H and O–H groups in total. The van der Waals surface area contributed by atoms with Gasteiger partial charge in [-0.25, -0.2) is 14.4 Å². The van der Waals surface area contributed by atoms with Gasteiger partial charge >= 0.3 is 0 Å². The summed E-state index contributed by atoms with van der Waals surface area (Å²) in [6.07, 6.45) is 3.03. The summed E-state index contributed by atoms with van der Waals surface area (Å²) in [6, 6.07) is 8.67. The number of aliphatic imine (C=N–C) groups is 1. The average Bonchev–Trinajstić information content (AvgIpc) is 3.26. The lowest BCUT2D eigenvalue weighted by Gasteiger charge is -2.25. The van der Waals surface area contributed by atoms with E-state index in [1.807, 2.05) is 6.92 Å². The van der Waals surface area contributed by atoms with Crippen molar-refractivity contribution in [2.45, 2.75) is 45.9 Å². The monoisotopic (exact) mass is 463 g/mol. The van der Waals surface area contributed by atoms with Gasteiger partial charge in [0.2, 0.25) is 0 Å². The second kappa shape index (κ2) is 9.76. The Kier molecular flexibility index (Phi) is 7.03. The lowest BCUT2D eigenvalue weighted by Crippen LogP contribution is -2.31. The summed E-state index contributed by atoms with van der Waals surface area (Å²) >= 11 is 0. The molecule has 0 fully saturated rings. The van der Waals surface area contributed by atoms with Crippen LogP contribution in [0.15, 0.2) is 40.6 Å². The number of hydrazone groups is 1. The van der Waals surface area contributed by atoms with Crippen molar-refractivity contribution in [2.24, 2.45) is 15.9 Å². The first kappa shape index (κ1) is 24.5. The minimum absolute atomic E-state index is 0.0359. The van der Waals surface area contributed by atoms with Gasteiger partial charge in [0, 0.05) is 11.8 Å². The number of halogens is 1. The van der Waals surface area contributed by atoms with Gasteiger partial charge in [-0.3, -0.25) is 9.67 Å². The minimum Gasteiger partial charge on any atom is -0.388 e. The predicted molar refractivity (Wildman–Crippen MR) is 127 cm³/mol. The van der Waals surface area contributed by atoms with Crippen molar-refractivity contribution in [3.63, 3.8) is 0 Å². The quantitative estimate of drug-likeness (QED) is 0.275. The zero-order valence-corrected chi connectivity index (χ0v) is 19.4. The molecule has 34 heavy (non-hydrogen) atoms. The van der Waals surface area contributed by atoms with Crippen LogP contribution >= 0.6 is 0 Å². The number of nitrogens with two attached hydrogens (primary N) is 2. The summed E-state index contributed by atoms with van der Waals surface area (Å²) in [5.41, 5.74) is 6.85. The highest BCUT2D eigenvalue weighted by Gasteiger charge is 2.24. The predicted octanol–water partition coefficient (Wildman–Crippen LogP) is 2.51. The van der Waals surface area contributed by atoms with E-state index in [9.17, 15) is 14.8 Å². The second-order valence-electron chi connectivity index (χ2n) is 8.29. The van der Waals surface area contributed by atoms with E-state index in [1.165, 1.54) is 6.21 Å². The number of nitrogens with zero attached hydrogens (tertiary/aromatic N) is 7. The summed E-state index contributed by atoms with van der Waals surface area (Å²) in [5.74, 6) is 4.38. The lowest BCUT2D eigenvalue weighted by molar-refractivity contribution is 0.0257. The van der Waals surface area contributed by atoms with Gasteiger partial charge in [0.15, 0.2) is 17.5 Å². The Balaban J connectivity index is 1.89. The van der Waals surface area contributed by atoms with E-state index in [4.69, 9.17) is 11.6 Å².